The Hall–Kier alpha value is -4.66. The fourth-order valence-electron chi connectivity index (χ4n) is 7.73. The molecule has 0 bridgehead atoms. The average molecular weight is 820 g/mol. The molecule has 3 aliphatic heterocycles. The van der Waals surface area contributed by atoms with Gasteiger partial charge in [0.2, 0.25) is 11.2 Å². The normalized spacial score (nSPS) is 18.4. The number of rotatable bonds is 7. The van der Waals surface area contributed by atoms with Crippen LogP contribution in [0.1, 0.15) is 56.1 Å². The number of aromatic nitrogens is 4. The summed E-state index contributed by atoms with van der Waals surface area (Å²) in [5.74, 6) is 2.04. The first kappa shape index (κ1) is 39.6. The van der Waals surface area contributed by atoms with Crippen LogP contribution < -0.4 is 15.5 Å². The number of halogens is 4. The van der Waals surface area contributed by atoms with Crippen molar-refractivity contribution < 1.29 is 21.6 Å². The Morgan fingerprint density at radius 3 is 1.93 bits per heavy atom. The number of anilines is 5. The number of allylic oxidation sites excluding steroid dienone is 2. The first-order chi connectivity index (χ1) is 26.6. The first-order valence-corrected chi connectivity index (χ1v) is 21.2. The number of hydrogen-bond acceptors (Lipinski definition) is 9. The fraction of sp³-hybridized carbons (Fsp3) is 0.317. The lowest BCUT2D eigenvalue weighted by atomic mass is 9.84. The molecule has 2 aromatic heterocycles. The van der Waals surface area contributed by atoms with Crippen molar-refractivity contribution in [3.8, 4) is 0 Å². The fourth-order valence-corrected chi connectivity index (χ4v) is 10.5. The predicted molar refractivity (Wildman–Crippen MR) is 217 cm³/mol. The summed E-state index contributed by atoms with van der Waals surface area (Å²) in [7, 11) is -2.31. The van der Waals surface area contributed by atoms with E-state index in [1.165, 1.54) is 41.0 Å². The number of fused-ring (bicyclic) bond motifs is 3. The molecule has 4 aliphatic rings. The maximum atomic E-state index is 14.1. The van der Waals surface area contributed by atoms with Crippen molar-refractivity contribution >= 4 is 67.7 Å². The molecular weight excluding hydrogens is 779 g/mol. The van der Waals surface area contributed by atoms with Gasteiger partial charge in [-0.15, -0.1) is 0 Å². The molecule has 2 unspecified atom stereocenters. The summed E-state index contributed by atoms with van der Waals surface area (Å²) in [4.78, 5) is 21.1. The lowest BCUT2D eigenvalue weighted by molar-refractivity contribution is 0.483. The van der Waals surface area contributed by atoms with Gasteiger partial charge in [0.25, 0.3) is 0 Å². The molecule has 2 N–H and O–H groups in total. The molecule has 9 rings (SSSR count). The van der Waals surface area contributed by atoms with Gasteiger partial charge in [-0.1, -0.05) is 38.1 Å². The molecule has 1 fully saturated rings. The zero-order chi connectivity index (χ0) is 38.2. The number of benzene rings is 3. The zero-order valence-corrected chi connectivity index (χ0v) is 32.3. The van der Waals surface area contributed by atoms with E-state index in [4.69, 9.17) is 21.6 Å². The van der Waals surface area contributed by atoms with Crippen LogP contribution in [0, 0.1) is 23.4 Å². The Labute approximate surface area is 334 Å². The van der Waals surface area contributed by atoms with Crippen molar-refractivity contribution in [2.24, 2.45) is 5.92 Å². The summed E-state index contributed by atoms with van der Waals surface area (Å²) in [5.41, 5.74) is 7.67. The topological polar surface area (TPSA) is 113 Å². The van der Waals surface area contributed by atoms with E-state index in [1.807, 2.05) is 6.07 Å². The highest BCUT2D eigenvalue weighted by Gasteiger charge is 2.33. The molecule has 3 aromatic carbocycles. The average Bonchev–Trinajstić information content (AvgIpc) is 3.86. The molecule has 9 nitrogen and oxygen atoms in total. The Morgan fingerprint density at radius 2 is 1.34 bits per heavy atom. The number of hydrogen-bond donors (Lipinski definition) is 2. The van der Waals surface area contributed by atoms with Gasteiger partial charge in [-0.05, 0) is 108 Å². The summed E-state index contributed by atoms with van der Waals surface area (Å²) >= 11 is 5.84. The maximum absolute atomic E-state index is 14.1. The molecule has 5 aromatic rings. The molecule has 0 spiro atoms. The van der Waals surface area contributed by atoms with Crippen LogP contribution in [0.3, 0.4) is 0 Å². The molecule has 56 heavy (non-hydrogen) atoms. The van der Waals surface area contributed by atoms with Gasteiger partial charge in [-0.3, -0.25) is 8.42 Å². The largest absolute Gasteiger partial charge is 0.341 e. The van der Waals surface area contributed by atoms with Gasteiger partial charge in [-0.2, -0.15) is 9.97 Å². The van der Waals surface area contributed by atoms with Crippen LogP contribution in [0.15, 0.2) is 82.1 Å². The molecule has 15 heteroatoms. The van der Waals surface area contributed by atoms with E-state index >= 15 is 0 Å². The minimum Gasteiger partial charge on any atom is -0.341 e. The summed E-state index contributed by atoms with van der Waals surface area (Å²) in [6, 6.07) is 17.3. The molecule has 1 saturated heterocycles. The maximum Gasteiger partial charge on any atom is 0.227 e. The van der Waals surface area contributed by atoms with Gasteiger partial charge in [0.15, 0.2) is 11.6 Å². The summed E-state index contributed by atoms with van der Waals surface area (Å²) in [6.07, 6.45) is 5.03. The van der Waals surface area contributed by atoms with Crippen LogP contribution in [0.5, 0.6) is 0 Å². The second-order valence-corrected chi connectivity index (χ2v) is 17.1. The van der Waals surface area contributed by atoms with Crippen LogP contribution in [0.2, 0.25) is 5.28 Å². The SMILES string of the molecule is C.CCC1=C(C2CCN(c3nc4c(c(Nc5cccc(F)c5)n3)S(=O)CC4)CC2)c2cc(F)ccc2C1.O=S1CCc2nc(Cl)nc(Nc3cccc(F)c3)c21. The van der Waals surface area contributed by atoms with Gasteiger partial charge in [0.1, 0.15) is 27.2 Å². The van der Waals surface area contributed by atoms with Crippen molar-refractivity contribution in [2.75, 3.05) is 40.1 Å². The number of piperidine rings is 1. The summed E-state index contributed by atoms with van der Waals surface area (Å²) < 4.78 is 65.6. The minimum atomic E-state index is -1.17. The second kappa shape index (κ2) is 16.8. The van der Waals surface area contributed by atoms with Crippen LogP contribution in [0.25, 0.3) is 5.57 Å². The van der Waals surface area contributed by atoms with Gasteiger partial charge < -0.3 is 15.5 Å². The lowest BCUT2D eigenvalue weighted by Gasteiger charge is -2.34. The van der Waals surface area contributed by atoms with Gasteiger partial charge >= 0.3 is 0 Å². The van der Waals surface area contributed by atoms with E-state index in [2.05, 4.69) is 32.4 Å². The molecule has 1 aliphatic carbocycles. The first-order valence-electron chi connectivity index (χ1n) is 18.2. The van der Waals surface area contributed by atoms with Crippen molar-refractivity contribution in [1.29, 1.82) is 0 Å². The van der Waals surface area contributed by atoms with E-state index in [-0.39, 0.29) is 30.2 Å². The number of nitrogens with one attached hydrogen (secondary N) is 2. The van der Waals surface area contributed by atoms with E-state index in [9.17, 15) is 21.6 Å². The number of nitrogens with zero attached hydrogens (tertiary/aromatic N) is 5. The third kappa shape index (κ3) is 8.23. The Kier molecular flexibility index (Phi) is 11.9. The van der Waals surface area contributed by atoms with Crippen molar-refractivity contribution in [3.63, 3.8) is 0 Å². The quantitative estimate of drug-likeness (QED) is 0.155. The highest BCUT2D eigenvalue weighted by atomic mass is 35.5. The standard InChI is InChI=1S/C28H28F2N4OS.C12H9ClFN3OS.CH4/c1-2-17-14-19-6-7-21(30)16-23(19)25(17)18-8-11-34(12-9-18)28-32-24-10-13-36(35)26(24)27(33-28)31-22-5-3-4-20(29)15-22;13-12-16-9-4-5-19(18)10(9)11(17-12)15-8-3-1-2-7(14)6-8;/h3-7,15-16,18H,2,8-14H2,1H3,(H,31,32,33);1-3,6H,4-5H2,(H,15,16,17);1H4. The van der Waals surface area contributed by atoms with Crippen molar-refractivity contribution in [1.82, 2.24) is 19.9 Å². The Balaban J connectivity index is 0.000000203. The van der Waals surface area contributed by atoms with Crippen LogP contribution in [0.4, 0.5) is 42.1 Å². The van der Waals surface area contributed by atoms with E-state index < -0.39 is 21.6 Å². The zero-order valence-electron chi connectivity index (χ0n) is 29.9. The van der Waals surface area contributed by atoms with E-state index in [1.54, 1.807) is 36.4 Å². The smallest absolute Gasteiger partial charge is 0.227 e. The third-order valence-corrected chi connectivity index (χ3v) is 13.4. The monoisotopic (exact) mass is 819 g/mol. The van der Waals surface area contributed by atoms with Gasteiger partial charge in [0, 0.05) is 48.8 Å². The second-order valence-electron chi connectivity index (χ2n) is 13.7. The molecule has 292 valence electrons. The van der Waals surface area contributed by atoms with E-state index in [0.29, 0.717) is 74.7 Å². The highest BCUT2D eigenvalue weighted by molar-refractivity contribution is 7.85. The predicted octanol–water partition coefficient (Wildman–Crippen LogP) is 9.11. The lowest BCUT2D eigenvalue weighted by Crippen LogP contribution is -2.35. The summed E-state index contributed by atoms with van der Waals surface area (Å²) in [5, 5.41) is 6.23. The molecule has 5 heterocycles. The van der Waals surface area contributed by atoms with Crippen LogP contribution >= 0.6 is 11.6 Å². The van der Waals surface area contributed by atoms with Crippen LogP contribution in [-0.2, 0) is 40.9 Å². The Bertz CT molecular complexity index is 2390. The molecule has 0 saturated carbocycles. The van der Waals surface area contributed by atoms with Gasteiger partial charge in [0.05, 0.1) is 33.0 Å². The highest BCUT2D eigenvalue weighted by Crippen LogP contribution is 2.43. The minimum absolute atomic E-state index is 0. The molecular formula is C41H41ClF3N7O2S2. The van der Waals surface area contributed by atoms with Crippen LogP contribution in [-0.4, -0.2) is 52.9 Å². The van der Waals surface area contributed by atoms with E-state index in [0.717, 1.165) is 50.0 Å². The number of aryl methyl sites for hydroxylation is 2. The summed E-state index contributed by atoms with van der Waals surface area (Å²) in [6.45, 7) is 3.76. The van der Waals surface area contributed by atoms with Gasteiger partial charge in [-0.25, -0.2) is 23.1 Å². The molecule has 2 atom stereocenters. The Morgan fingerprint density at radius 1 is 0.768 bits per heavy atom. The molecule has 0 radical (unpaired) electrons. The molecule has 0 amide bonds. The third-order valence-electron chi connectivity index (χ3n) is 10.3. The van der Waals surface area contributed by atoms with Crippen molar-refractivity contribution in [3.05, 3.63) is 118 Å². The van der Waals surface area contributed by atoms with Crippen molar-refractivity contribution in [2.45, 2.75) is 62.7 Å².